The first-order chi connectivity index (χ1) is 15.3. The van der Waals surface area contributed by atoms with Gasteiger partial charge in [0.05, 0.1) is 29.3 Å². The van der Waals surface area contributed by atoms with Gasteiger partial charge in [-0.3, -0.25) is 30.0 Å². The Balaban J connectivity index is 1.51. The Bertz CT molecular complexity index is 1060. The van der Waals surface area contributed by atoms with E-state index in [9.17, 15) is 19.2 Å². The van der Waals surface area contributed by atoms with Crippen molar-refractivity contribution in [2.75, 3.05) is 25.2 Å². The maximum Gasteiger partial charge on any atom is 0.311 e. The minimum Gasteiger partial charge on any atom is -0.495 e. The number of methoxy groups -OCH3 is 1. The fourth-order valence-electron chi connectivity index (χ4n) is 3.10. The van der Waals surface area contributed by atoms with Gasteiger partial charge in [-0.1, -0.05) is 35.3 Å². The number of anilines is 1. The highest BCUT2D eigenvalue weighted by Gasteiger charge is 2.37. The summed E-state index contributed by atoms with van der Waals surface area (Å²) in [6.45, 7) is -0.577. The highest BCUT2D eigenvalue weighted by molar-refractivity contribution is 6.33. The van der Waals surface area contributed by atoms with Crippen molar-refractivity contribution in [2.24, 2.45) is 5.92 Å². The van der Waals surface area contributed by atoms with Crippen LogP contribution in [0.1, 0.15) is 16.8 Å². The zero-order chi connectivity index (χ0) is 23.3. The summed E-state index contributed by atoms with van der Waals surface area (Å²) in [6, 6.07) is 11.1. The number of hydrogen-bond acceptors (Lipinski definition) is 6. The number of esters is 1. The molecule has 2 aromatic rings. The van der Waals surface area contributed by atoms with Crippen LogP contribution >= 0.6 is 23.2 Å². The van der Waals surface area contributed by atoms with E-state index in [4.69, 9.17) is 32.7 Å². The van der Waals surface area contributed by atoms with Crippen LogP contribution < -0.4 is 20.5 Å². The number of ether oxygens (including phenoxy) is 2. The first-order valence-corrected chi connectivity index (χ1v) is 10.2. The lowest BCUT2D eigenvalue weighted by atomic mass is 10.1. The number of hydrazine groups is 1. The van der Waals surface area contributed by atoms with Crippen LogP contribution in [0, 0.1) is 5.92 Å². The largest absolute Gasteiger partial charge is 0.495 e. The van der Waals surface area contributed by atoms with Crippen molar-refractivity contribution >= 4 is 52.6 Å². The van der Waals surface area contributed by atoms with E-state index in [1.165, 1.54) is 24.1 Å². The topological polar surface area (TPSA) is 114 Å². The van der Waals surface area contributed by atoms with Gasteiger partial charge < -0.3 is 14.4 Å². The first-order valence-electron chi connectivity index (χ1n) is 9.44. The summed E-state index contributed by atoms with van der Waals surface area (Å²) in [7, 11) is 1.46. The van der Waals surface area contributed by atoms with E-state index in [-0.39, 0.29) is 29.5 Å². The molecule has 168 valence electrons. The number of rotatable bonds is 6. The van der Waals surface area contributed by atoms with Crippen molar-refractivity contribution in [3.8, 4) is 5.75 Å². The molecule has 0 saturated carbocycles. The molecule has 32 heavy (non-hydrogen) atoms. The smallest absolute Gasteiger partial charge is 0.311 e. The number of halogens is 2. The second kappa shape index (κ2) is 10.3. The summed E-state index contributed by atoms with van der Waals surface area (Å²) in [4.78, 5) is 50.1. The molecular weight excluding hydrogens is 461 g/mol. The second-order valence-corrected chi connectivity index (χ2v) is 7.66. The SMILES string of the molecule is COc1ccc(Cl)cc1N1C[C@@H](C(=O)OCC(=O)NNC(=O)c2ccccc2Cl)CC1=O. The van der Waals surface area contributed by atoms with Gasteiger partial charge >= 0.3 is 5.97 Å². The molecule has 0 aromatic heterocycles. The van der Waals surface area contributed by atoms with Crippen LogP contribution in [0.2, 0.25) is 10.0 Å². The Labute approximate surface area is 193 Å². The van der Waals surface area contributed by atoms with Crippen molar-refractivity contribution in [1.29, 1.82) is 0 Å². The van der Waals surface area contributed by atoms with E-state index in [1.54, 1.807) is 30.3 Å². The Morgan fingerprint density at radius 2 is 1.88 bits per heavy atom. The summed E-state index contributed by atoms with van der Waals surface area (Å²) in [6.07, 6.45) is -0.0840. The Morgan fingerprint density at radius 3 is 2.59 bits per heavy atom. The molecular formula is C21H19Cl2N3O6. The summed E-state index contributed by atoms with van der Waals surface area (Å²) in [5, 5.41) is 0.632. The summed E-state index contributed by atoms with van der Waals surface area (Å²) >= 11 is 11.9. The number of nitrogens with one attached hydrogen (secondary N) is 2. The summed E-state index contributed by atoms with van der Waals surface area (Å²) in [5.41, 5.74) is 4.94. The van der Waals surface area contributed by atoms with Crippen molar-refractivity contribution in [3.63, 3.8) is 0 Å². The minimum atomic E-state index is -0.767. The van der Waals surface area contributed by atoms with E-state index >= 15 is 0 Å². The van der Waals surface area contributed by atoms with Gasteiger partial charge in [0.2, 0.25) is 5.91 Å². The molecule has 2 aromatic carbocycles. The fourth-order valence-corrected chi connectivity index (χ4v) is 3.49. The molecule has 2 N–H and O–H groups in total. The van der Waals surface area contributed by atoms with Gasteiger partial charge in [0.15, 0.2) is 6.61 Å². The van der Waals surface area contributed by atoms with Crippen LogP contribution in [0.4, 0.5) is 5.69 Å². The minimum absolute atomic E-state index is 0.0548. The molecule has 11 heteroatoms. The number of amides is 3. The molecule has 3 rings (SSSR count). The number of carbonyl (C=O) groups is 4. The highest BCUT2D eigenvalue weighted by Crippen LogP contribution is 2.35. The molecule has 1 fully saturated rings. The number of benzene rings is 2. The van der Waals surface area contributed by atoms with Crippen molar-refractivity contribution in [3.05, 3.63) is 58.1 Å². The molecule has 9 nitrogen and oxygen atoms in total. The van der Waals surface area contributed by atoms with Gasteiger partial charge in [0.25, 0.3) is 11.8 Å². The third-order valence-corrected chi connectivity index (χ3v) is 5.23. The van der Waals surface area contributed by atoms with Crippen LogP contribution in [0.3, 0.4) is 0 Å². The summed E-state index contributed by atoms with van der Waals surface area (Å²) < 4.78 is 10.3. The van der Waals surface area contributed by atoms with E-state index < -0.39 is 30.3 Å². The third-order valence-electron chi connectivity index (χ3n) is 4.67. The van der Waals surface area contributed by atoms with Crippen LogP contribution in [0.5, 0.6) is 5.75 Å². The standard InChI is InChI=1S/C21H19Cl2N3O6/c1-31-17-7-6-13(22)9-16(17)26-10-12(8-19(26)28)21(30)32-11-18(27)24-25-20(29)14-4-2-3-5-15(14)23/h2-7,9,12H,8,10-11H2,1H3,(H,24,27)(H,25,29)/t12-/m0/s1. The Morgan fingerprint density at radius 1 is 1.12 bits per heavy atom. The molecule has 0 bridgehead atoms. The van der Waals surface area contributed by atoms with Crippen LogP contribution in [0.15, 0.2) is 42.5 Å². The van der Waals surface area contributed by atoms with E-state index in [0.29, 0.717) is 16.5 Å². The van der Waals surface area contributed by atoms with Gasteiger partial charge in [0.1, 0.15) is 5.75 Å². The first kappa shape index (κ1) is 23.4. The quantitative estimate of drug-likeness (QED) is 0.485. The zero-order valence-corrected chi connectivity index (χ0v) is 18.4. The normalized spacial score (nSPS) is 15.3. The lowest BCUT2D eigenvalue weighted by Crippen LogP contribution is -2.44. The lowest BCUT2D eigenvalue weighted by Gasteiger charge is -2.19. The predicted octanol–water partition coefficient (Wildman–Crippen LogP) is 2.36. The van der Waals surface area contributed by atoms with Crippen LogP contribution in [-0.2, 0) is 19.1 Å². The Hall–Kier alpha value is -3.30. The molecule has 1 atom stereocenters. The maximum atomic E-state index is 12.4. The Kier molecular flexibility index (Phi) is 7.55. The van der Waals surface area contributed by atoms with Gasteiger partial charge in [-0.15, -0.1) is 0 Å². The predicted molar refractivity (Wildman–Crippen MR) is 116 cm³/mol. The second-order valence-electron chi connectivity index (χ2n) is 6.81. The van der Waals surface area contributed by atoms with E-state index in [0.717, 1.165) is 0 Å². The molecule has 1 aliphatic rings. The van der Waals surface area contributed by atoms with Crippen LogP contribution in [0.25, 0.3) is 0 Å². The molecule has 0 spiro atoms. The molecule has 1 aliphatic heterocycles. The van der Waals surface area contributed by atoms with Crippen molar-refractivity contribution in [1.82, 2.24) is 10.9 Å². The van der Waals surface area contributed by atoms with Crippen molar-refractivity contribution in [2.45, 2.75) is 6.42 Å². The molecule has 0 aliphatic carbocycles. The van der Waals surface area contributed by atoms with E-state index in [1.807, 2.05) is 0 Å². The van der Waals surface area contributed by atoms with Gasteiger partial charge in [0, 0.05) is 18.0 Å². The van der Waals surface area contributed by atoms with Crippen molar-refractivity contribution < 1.29 is 28.7 Å². The molecule has 1 saturated heterocycles. The molecule has 0 radical (unpaired) electrons. The summed E-state index contributed by atoms with van der Waals surface area (Å²) in [5.74, 6) is -2.72. The number of carbonyl (C=O) groups excluding carboxylic acids is 4. The lowest BCUT2D eigenvalue weighted by molar-refractivity contribution is -0.152. The average Bonchev–Trinajstić information content (AvgIpc) is 3.17. The molecule has 0 unspecified atom stereocenters. The third kappa shape index (κ3) is 5.49. The van der Waals surface area contributed by atoms with Crippen LogP contribution in [-0.4, -0.2) is 44.0 Å². The highest BCUT2D eigenvalue weighted by atomic mass is 35.5. The van der Waals surface area contributed by atoms with E-state index in [2.05, 4.69) is 10.9 Å². The number of nitrogens with zero attached hydrogens (tertiary/aromatic N) is 1. The van der Waals surface area contributed by atoms with Gasteiger partial charge in [-0.2, -0.15) is 0 Å². The van der Waals surface area contributed by atoms with Gasteiger partial charge in [-0.25, -0.2) is 0 Å². The average molecular weight is 480 g/mol. The maximum absolute atomic E-state index is 12.4. The zero-order valence-electron chi connectivity index (χ0n) is 16.9. The molecule has 1 heterocycles. The monoisotopic (exact) mass is 479 g/mol. The fraction of sp³-hybridized carbons (Fsp3) is 0.238. The number of hydrogen-bond donors (Lipinski definition) is 2. The molecule has 3 amide bonds. The van der Waals surface area contributed by atoms with Gasteiger partial charge in [-0.05, 0) is 30.3 Å².